The highest BCUT2D eigenvalue weighted by Gasteiger charge is 2.32. The maximum atomic E-state index is 12.1. The minimum atomic E-state index is 0.0151. The maximum absolute atomic E-state index is 12.1. The smallest absolute Gasteiger partial charge is 0.234 e. The van der Waals surface area contributed by atoms with Crippen molar-refractivity contribution in [1.29, 1.82) is 0 Å². The quantitative estimate of drug-likeness (QED) is 0.809. The minimum Gasteiger partial charge on any atom is -0.354 e. The van der Waals surface area contributed by atoms with Gasteiger partial charge in [-0.25, -0.2) is 0 Å². The molecule has 0 aromatic carbocycles. The molecule has 0 unspecified atom stereocenters. The van der Waals surface area contributed by atoms with Crippen molar-refractivity contribution in [2.24, 2.45) is 11.3 Å². The summed E-state index contributed by atoms with van der Waals surface area (Å²) >= 11 is 0. The van der Waals surface area contributed by atoms with Gasteiger partial charge < -0.3 is 10.6 Å². The van der Waals surface area contributed by atoms with Gasteiger partial charge >= 0.3 is 0 Å². The van der Waals surface area contributed by atoms with E-state index in [9.17, 15) is 9.59 Å². The van der Waals surface area contributed by atoms with Gasteiger partial charge in [-0.2, -0.15) is 0 Å². The third-order valence-corrected chi connectivity index (χ3v) is 5.59. The van der Waals surface area contributed by atoms with Gasteiger partial charge in [-0.3, -0.25) is 14.5 Å². The van der Waals surface area contributed by atoms with E-state index in [0.29, 0.717) is 31.1 Å². The van der Waals surface area contributed by atoms with Crippen LogP contribution in [-0.4, -0.2) is 48.9 Å². The van der Waals surface area contributed by atoms with Gasteiger partial charge in [-0.05, 0) is 37.0 Å². The second-order valence-corrected chi connectivity index (χ2v) is 7.52. The van der Waals surface area contributed by atoms with E-state index in [2.05, 4.69) is 31.4 Å². The zero-order valence-electron chi connectivity index (χ0n) is 14.3. The number of rotatable bonds is 5. The van der Waals surface area contributed by atoms with Crippen molar-refractivity contribution in [2.75, 3.05) is 26.2 Å². The number of nitrogens with one attached hydrogen (secondary N) is 2. The summed E-state index contributed by atoms with van der Waals surface area (Å²) in [5.74, 6) is 0.852. The van der Waals surface area contributed by atoms with E-state index in [4.69, 9.17) is 0 Å². The molecule has 1 aliphatic carbocycles. The van der Waals surface area contributed by atoms with Gasteiger partial charge in [0.1, 0.15) is 0 Å². The normalized spacial score (nSPS) is 27.3. The Morgan fingerprint density at radius 3 is 2.59 bits per heavy atom. The average Bonchev–Trinajstić information content (AvgIpc) is 2.47. The standard InChI is InChI=1S/C17H31N3O2/c1-4-17(2,3)13-5-7-14(8-6-13)19-16(22)12-20-10-9-18-15(21)11-20/h13-14H,4-12H2,1-3H3,(H,18,21)(H,19,22). The fourth-order valence-electron chi connectivity index (χ4n) is 3.61. The summed E-state index contributed by atoms with van der Waals surface area (Å²) in [6.07, 6.45) is 5.79. The Balaban J connectivity index is 1.71. The first-order chi connectivity index (χ1) is 10.4. The van der Waals surface area contributed by atoms with Crippen LogP contribution in [0.15, 0.2) is 0 Å². The molecule has 5 heteroatoms. The number of carbonyl (C=O) groups excluding carboxylic acids is 2. The van der Waals surface area contributed by atoms with Gasteiger partial charge in [-0.15, -0.1) is 0 Å². The lowest BCUT2D eigenvalue weighted by molar-refractivity contribution is -0.127. The highest BCUT2D eigenvalue weighted by molar-refractivity contribution is 5.81. The molecule has 0 spiro atoms. The first-order valence-corrected chi connectivity index (χ1v) is 8.69. The van der Waals surface area contributed by atoms with Crippen molar-refractivity contribution < 1.29 is 9.59 Å². The van der Waals surface area contributed by atoms with Crippen LogP contribution in [0.1, 0.15) is 52.9 Å². The van der Waals surface area contributed by atoms with Crippen LogP contribution in [0.2, 0.25) is 0 Å². The lowest BCUT2D eigenvalue weighted by Crippen LogP contribution is -2.51. The van der Waals surface area contributed by atoms with E-state index in [1.807, 2.05) is 4.90 Å². The highest BCUT2D eigenvalue weighted by Crippen LogP contribution is 2.40. The van der Waals surface area contributed by atoms with Crippen molar-refractivity contribution in [2.45, 2.75) is 58.9 Å². The van der Waals surface area contributed by atoms with Crippen molar-refractivity contribution in [1.82, 2.24) is 15.5 Å². The Morgan fingerprint density at radius 1 is 1.32 bits per heavy atom. The first-order valence-electron chi connectivity index (χ1n) is 8.69. The van der Waals surface area contributed by atoms with Crippen LogP contribution in [0, 0.1) is 11.3 Å². The molecule has 126 valence electrons. The molecule has 0 bridgehead atoms. The van der Waals surface area contributed by atoms with Crippen LogP contribution in [0.4, 0.5) is 0 Å². The van der Waals surface area contributed by atoms with E-state index in [0.717, 1.165) is 25.3 Å². The van der Waals surface area contributed by atoms with Crippen LogP contribution < -0.4 is 10.6 Å². The Morgan fingerprint density at radius 2 is 2.00 bits per heavy atom. The summed E-state index contributed by atoms with van der Waals surface area (Å²) in [6.45, 7) is 9.07. The summed E-state index contributed by atoms with van der Waals surface area (Å²) in [4.78, 5) is 25.4. The molecule has 22 heavy (non-hydrogen) atoms. The highest BCUT2D eigenvalue weighted by atomic mass is 16.2. The molecule has 0 atom stereocenters. The predicted molar refractivity (Wildman–Crippen MR) is 87.4 cm³/mol. The number of hydrogen-bond donors (Lipinski definition) is 2. The summed E-state index contributed by atoms with van der Waals surface area (Å²) in [5, 5.41) is 5.94. The lowest BCUT2D eigenvalue weighted by atomic mass is 9.69. The van der Waals surface area contributed by atoms with Crippen LogP contribution in [0.5, 0.6) is 0 Å². The predicted octanol–water partition coefficient (Wildman–Crippen LogP) is 1.53. The number of nitrogens with zero attached hydrogens (tertiary/aromatic N) is 1. The molecule has 5 nitrogen and oxygen atoms in total. The monoisotopic (exact) mass is 309 g/mol. The SMILES string of the molecule is CCC(C)(C)C1CCC(NC(=O)CN2CCNC(=O)C2)CC1. The Bertz CT molecular complexity index is 401. The zero-order chi connectivity index (χ0) is 16.2. The Labute approximate surface area is 134 Å². The molecule has 0 aromatic heterocycles. The topological polar surface area (TPSA) is 61.4 Å². The molecule has 2 N–H and O–H groups in total. The number of amides is 2. The number of carbonyl (C=O) groups is 2. The van der Waals surface area contributed by atoms with Gasteiger partial charge in [0.05, 0.1) is 13.1 Å². The van der Waals surface area contributed by atoms with Crippen molar-refractivity contribution in [3.05, 3.63) is 0 Å². The molecule has 0 radical (unpaired) electrons. The largest absolute Gasteiger partial charge is 0.354 e. The molecule has 0 aromatic rings. The fraction of sp³-hybridized carbons (Fsp3) is 0.882. The minimum absolute atomic E-state index is 0.0151. The van der Waals surface area contributed by atoms with Gasteiger partial charge in [-0.1, -0.05) is 27.2 Å². The zero-order valence-corrected chi connectivity index (χ0v) is 14.3. The molecule has 1 saturated heterocycles. The molecule has 2 amide bonds. The second-order valence-electron chi connectivity index (χ2n) is 7.52. The Kier molecular flexibility index (Phi) is 5.84. The summed E-state index contributed by atoms with van der Waals surface area (Å²) < 4.78 is 0. The van der Waals surface area contributed by atoms with Crippen molar-refractivity contribution in [3.8, 4) is 0 Å². The van der Waals surface area contributed by atoms with Crippen LogP contribution in [0.25, 0.3) is 0 Å². The van der Waals surface area contributed by atoms with Crippen molar-refractivity contribution >= 4 is 11.8 Å². The van der Waals surface area contributed by atoms with Crippen molar-refractivity contribution in [3.63, 3.8) is 0 Å². The van der Waals surface area contributed by atoms with E-state index < -0.39 is 0 Å². The molecule has 2 rings (SSSR count). The molecule has 2 fully saturated rings. The number of hydrogen-bond acceptors (Lipinski definition) is 3. The lowest BCUT2D eigenvalue weighted by Gasteiger charge is -2.39. The molecular formula is C17H31N3O2. The second kappa shape index (κ2) is 7.44. The van der Waals surface area contributed by atoms with Crippen LogP contribution in [0.3, 0.4) is 0 Å². The average molecular weight is 309 g/mol. The molecule has 2 aliphatic rings. The summed E-state index contributed by atoms with van der Waals surface area (Å²) in [6, 6.07) is 0.315. The maximum Gasteiger partial charge on any atom is 0.234 e. The molecular weight excluding hydrogens is 278 g/mol. The van der Waals surface area contributed by atoms with Gasteiger partial charge in [0.25, 0.3) is 0 Å². The first kappa shape index (κ1) is 17.3. The van der Waals surface area contributed by atoms with E-state index in [1.54, 1.807) is 0 Å². The summed E-state index contributed by atoms with van der Waals surface area (Å²) in [7, 11) is 0. The third kappa shape index (κ3) is 4.70. The Hall–Kier alpha value is -1.10. The fourth-order valence-corrected chi connectivity index (χ4v) is 3.61. The van der Waals surface area contributed by atoms with Crippen LogP contribution in [-0.2, 0) is 9.59 Å². The van der Waals surface area contributed by atoms with Gasteiger partial charge in [0.15, 0.2) is 0 Å². The molecule has 1 saturated carbocycles. The molecule has 1 heterocycles. The van der Waals surface area contributed by atoms with Gasteiger partial charge in [0, 0.05) is 19.1 Å². The third-order valence-electron chi connectivity index (χ3n) is 5.59. The van der Waals surface area contributed by atoms with Crippen LogP contribution >= 0.6 is 0 Å². The van der Waals surface area contributed by atoms with E-state index in [1.165, 1.54) is 19.3 Å². The summed E-state index contributed by atoms with van der Waals surface area (Å²) in [5.41, 5.74) is 0.413. The van der Waals surface area contributed by atoms with Gasteiger partial charge in [0.2, 0.25) is 11.8 Å². The number of piperazine rings is 1. The van der Waals surface area contributed by atoms with E-state index >= 15 is 0 Å². The molecule has 1 aliphatic heterocycles. The van der Waals surface area contributed by atoms with E-state index in [-0.39, 0.29) is 11.8 Å².